The molecule has 3 N–H and O–H groups in total. The highest BCUT2D eigenvalue weighted by Crippen LogP contribution is 2.61. The lowest BCUT2D eigenvalue weighted by atomic mass is 9.60. The van der Waals surface area contributed by atoms with Gasteiger partial charge in [0, 0.05) is 18.5 Å². The number of nitrogens with two attached hydrogens (primary N) is 1. The van der Waals surface area contributed by atoms with E-state index in [0.29, 0.717) is 12.5 Å². The zero-order valence-corrected chi connectivity index (χ0v) is 11.7. The third-order valence-electron chi connectivity index (χ3n) is 6.30. The molecule has 1 heterocycles. The molecule has 0 aromatic heterocycles. The molecule has 104 valence electrons. The van der Waals surface area contributed by atoms with E-state index in [1.54, 1.807) is 0 Å². The molecule has 1 saturated heterocycles. The summed E-state index contributed by atoms with van der Waals surface area (Å²) < 4.78 is 0. The summed E-state index contributed by atoms with van der Waals surface area (Å²) in [5.41, 5.74) is 5.73. The highest BCUT2D eigenvalue weighted by Gasteiger charge is 2.60. The summed E-state index contributed by atoms with van der Waals surface area (Å²) in [5, 5.41) is 11.3. The zero-order valence-electron chi connectivity index (χ0n) is 11.7. The Hall–Kier alpha value is -0.120. The normalized spacial score (nSPS) is 49.5. The molecule has 4 unspecified atom stereocenters. The van der Waals surface area contributed by atoms with Gasteiger partial charge < -0.3 is 15.7 Å². The van der Waals surface area contributed by atoms with E-state index >= 15 is 0 Å². The summed E-state index contributed by atoms with van der Waals surface area (Å²) in [5.74, 6) is 1.55. The summed E-state index contributed by atoms with van der Waals surface area (Å²) in [7, 11) is 2.17. The second kappa shape index (κ2) is 4.46. The van der Waals surface area contributed by atoms with Gasteiger partial charge in [0.2, 0.25) is 0 Å². The average Bonchev–Trinajstić information content (AvgIpc) is 2.92. The van der Waals surface area contributed by atoms with E-state index < -0.39 is 5.60 Å². The first-order chi connectivity index (χ1) is 8.60. The fourth-order valence-corrected chi connectivity index (χ4v) is 5.21. The molecular weight excluding hydrogens is 224 g/mol. The van der Waals surface area contributed by atoms with Crippen molar-refractivity contribution < 1.29 is 5.11 Å². The van der Waals surface area contributed by atoms with E-state index in [-0.39, 0.29) is 5.41 Å². The van der Waals surface area contributed by atoms with Gasteiger partial charge in [0.1, 0.15) is 0 Å². The van der Waals surface area contributed by atoms with Crippen molar-refractivity contribution in [1.29, 1.82) is 0 Å². The van der Waals surface area contributed by atoms with E-state index in [4.69, 9.17) is 5.73 Å². The second-order valence-corrected chi connectivity index (χ2v) is 7.13. The van der Waals surface area contributed by atoms with Crippen molar-refractivity contribution in [2.75, 3.05) is 26.7 Å². The Kier molecular flexibility index (Phi) is 3.20. The summed E-state index contributed by atoms with van der Waals surface area (Å²) in [6.07, 6.45) is 8.19. The molecule has 3 heteroatoms. The van der Waals surface area contributed by atoms with E-state index in [1.165, 1.54) is 25.7 Å². The van der Waals surface area contributed by atoms with Crippen LogP contribution < -0.4 is 5.73 Å². The van der Waals surface area contributed by atoms with Crippen LogP contribution in [-0.2, 0) is 0 Å². The van der Waals surface area contributed by atoms with Crippen molar-refractivity contribution >= 4 is 0 Å². The van der Waals surface area contributed by atoms with Crippen LogP contribution in [-0.4, -0.2) is 42.3 Å². The van der Waals surface area contributed by atoms with Gasteiger partial charge in [-0.25, -0.2) is 0 Å². The lowest BCUT2D eigenvalue weighted by Gasteiger charge is -2.50. The van der Waals surface area contributed by atoms with Crippen LogP contribution in [0.2, 0.25) is 0 Å². The molecule has 0 aromatic rings. The minimum atomic E-state index is -0.494. The minimum absolute atomic E-state index is 0.0428. The number of nitrogens with zero attached hydrogens (tertiary/aromatic N) is 1. The van der Waals surface area contributed by atoms with Gasteiger partial charge >= 0.3 is 0 Å². The third-order valence-corrected chi connectivity index (χ3v) is 6.30. The SMILES string of the molecule is CN1CCCC(O)(C2(CN)CC3CCC2C3)CC1. The molecule has 4 atom stereocenters. The summed E-state index contributed by atoms with van der Waals surface area (Å²) in [4.78, 5) is 2.36. The molecule has 3 rings (SSSR count). The molecular formula is C15H28N2O. The molecule has 3 aliphatic rings. The smallest absolute Gasteiger partial charge is 0.0731 e. The molecule has 0 spiro atoms. The Bertz CT molecular complexity index is 322. The van der Waals surface area contributed by atoms with Crippen molar-refractivity contribution in [2.24, 2.45) is 23.0 Å². The molecule has 2 bridgehead atoms. The highest BCUT2D eigenvalue weighted by atomic mass is 16.3. The Balaban J connectivity index is 1.86. The molecule has 0 amide bonds. The first kappa shape index (κ1) is 12.9. The maximum Gasteiger partial charge on any atom is 0.0731 e. The number of hydrogen-bond acceptors (Lipinski definition) is 3. The molecule has 1 aliphatic heterocycles. The maximum atomic E-state index is 11.3. The van der Waals surface area contributed by atoms with Gasteiger partial charge in [-0.15, -0.1) is 0 Å². The molecule has 0 aromatic carbocycles. The Morgan fingerprint density at radius 2 is 2.11 bits per heavy atom. The quantitative estimate of drug-likeness (QED) is 0.785. The lowest BCUT2D eigenvalue weighted by molar-refractivity contribution is -0.118. The summed E-state index contributed by atoms with van der Waals surface area (Å²) in [6, 6.07) is 0. The predicted octanol–water partition coefficient (Wildman–Crippen LogP) is 1.60. The number of likely N-dealkylation sites (tertiary alicyclic amines) is 1. The van der Waals surface area contributed by atoms with Crippen LogP contribution in [0.15, 0.2) is 0 Å². The van der Waals surface area contributed by atoms with Gasteiger partial charge in [-0.1, -0.05) is 6.42 Å². The largest absolute Gasteiger partial charge is 0.389 e. The standard InChI is InChI=1S/C15H28N2O/c1-17-7-2-5-15(18,6-8-17)14(11-16)10-12-3-4-13(14)9-12/h12-13,18H,2-11,16H2,1H3. The highest BCUT2D eigenvalue weighted by molar-refractivity contribution is 5.11. The van der Waals surface area contributed by atoms with Crippen molar-refractivity contribution in [3.05, 3.63) is 0 Å². The number of fused-ring (bicyclic) bond motifs is 2. The minimum Gasteiger partial charge on any atom is -0.389 e. The Labute approximate surface area is 111 Å². The first-order valence-electron chi connectivity index (χ1n) is 7.71. The van der Waals surface area contributed by atoms with Gasteiger partial charge in [0.05, 0.1) is 5.60 Å². The summed E-state index contributed by atoms with van der Waals surface area (Å²) in [6.45, 7) is 2.83. The van der Waals surface area contributed by atoms with E-state index in [9.17, 15) is 5.11 Å². The van der Waals surface area contributed by atoms with Crippen molar-refractivity contribution in [3.8, 4) is 0 Å². The van der Waals surface area contributed by atoms with Crippen LogP contribution in [0, 0.1) is 17.3 Å². The average molecular weight is 252 g/mol. The monoisotopic (exact) mass is 252 g/mol. The molecule has 0 radical (unpaired) electrons. The van der Waals surface area contributed by atoms with Gasteiger partial charge in [-0.3, -0.25) is 0 Å². The number of hydrogen-bond donors (Lipinski definition) is 2. The van der Waals surface area contributed by atoms with Crippen LogP contribution in [0.25, 0.3) is 0 Å². The van der Waals surface area contributed by atoms with Crippen LogP contribution in [0.3, 0.4) is 0 Å². The maximum absolute atomic E-state index is 11.3. The molecule has 3 fully saturated rings. The molecule has 18 heavy (non-hydrogen) atoms. The van der Waals surface area contributed by atoms with Crippen LogP contribution in [0.4, 0.5) is 0 Å². The molecule has 2 aliphatic carbocycles. The first-order valence-corrected chi connectivity index (χ1v) is 7.71. The second-order valence-electron chi connectivity index (χ2n) is 7.13. The van der Waals surface area contributed by atoms with Gasteiger partial charge in [0.15, 0.2) is 0 Å². The van der Waals surface area contributed by atoms with Crippen LogP contribution >= 0.6 is 0 Å². The van der Waals surface area contributed by atoms with Gasteiger partial charge in [-0.05, 0) is 64.0 Å². The topological polar surface area (TPSA) is 49.5 Å². The van der Waals surface area contributed by atoms with Crippen molar-refractivity contribution in [1.82, 2.24) is 4.90 Å². The Morgan fingerprint density at radius 1 is 1.28 bits per heavy atom. The molecule has 2 saturated carbocycles. The van der Waals surface area contributed by atoms with Crippen molar-refractivity contribution in [2.45, 2.75) is 50.5 Å². The van der Waals surface area contributed by atoms with E-state index in [0.717, 1.165) is 38.3 Å². The van der Waals surface area contributed by atoms with Crippen LogP contribution in [0.1, 0.15) is 44.9 Å². The van der Waals surface area contributed by atoms with Gasteiger partial charge in [0.25, 0.3) is 0 Å². The molecule has 3 nitrogen and oxygen atoms in total. The van der Waals surface area contributed by atoms with E-state index in [1.807, 2.05) is 0 Å². The zero-order chi connectivity index (χ0) is 12.8. The van der Waals surface area contributed by atoms with Gasteiger partial charge in [-0.2, -0.15) is 0 Å². The van der Waals surface area contributed by atoms with E-state index in [2.05, 4.69) is 11.9 Å². The lowest BCUT2D eigenvalue weighted by Crippen LogP contribution is -2.56. The summed E-state index contributed by atoms with van der Waals surface area (Å²) >= 11 is 0. The third kappa shape index (κ3) is 1.75. The van der Waals surface area contributed by atoms with Crippen molar-refractivity contribution in [3.63, 3.8) is 0 Å². The Morgan fingerprint density at radius 3 is 2.72 bits per heavy atom. The number of rotatable bonds is 2. The fourth-order valence-electron chi connectivity index (χ4n) is 5.21. The number of aliphatic hydroxyl groups is 1. The fraction of sp³-hybridized carbons (Fsp3) is 1.00. The van der Waals surface area contributed by atoms with Crippen LogP contribution in [0.5, 0.6) is 0 Å². The predicted molar refractivity (Wildman–Crippen MR) is 73.2 cm³/mol.